The minimum Gasteiger partial charge on any atom is -0.507 e. The van der Waals surface area contributed by atoms with Crippen LogP contribution in [0.4, 0.5) is 14.5 Å². The molecule has 1 fully saturated rings. The molecule has 1 heterocycles. The number of aryl methyl sites for hydroxylation is 1. The third-order valence-corrected chi connectivity index (χ3v) is 5.62. The van der Waals surface area contributed by atoms with Crippen LogP contribution in [0.25, 0.3) is 5.76 Å². The van der Waals surface area contributed by atoms with Crippen LogP contribution in [0.3, 0.4) is 0 Å². The SMILES string of the molecule is Cc1cccc(C2/C(=C(\O)c3ccc(Br)cc3)C(=O)C(=O)N2c2cc(F)ccc2F)c1. The fourth-order valence-electron chi connectivity index (χ4n) is 3.67. The van der Waals surface area contributed by atoms with Gasteiger partial charge in [0, 0.05) is 16.1 Å². The Balaban J connectivity index is 1.99. The van der Waals surface area contributed by atoms with Gasteiger partial charge in [0.15, 0.2) is 0 Å². The van der Waals surface area contributed by atoms with Gasteiger partial charge in [-0.05, 0) is 36.8 Å². The number of nitrogens with zero attached hydrogens (tertiary/aromatic N) is 1. The molecule has 3 aromatic rings. The first-order valence-electron chi connectivity index (χ1n) is 9.36. The van der Waals surface area contributed by atoms with E-state index in [1.165, 1.54) is 0 Å². The maximum atomic E-state index is 14.6. The molecule has 1 aliphatic rings. The van der Waals surface area contributed by atoms with Gasteiger partial charge in [0.05, 0.1) is 17.3 Å². The molecule has 0 aliphatic carbocycles. The highest BCUT2D eigenvalue weighted by atomic mass is 79.9. The summed E-state index contributed by atoms with van der Waals surface area (Å²) >= 11 is 3.31. The van der Waals surface area contributed by atoms with Crippen LogP contribution in [0, 0.1) is 18.6 Å². The monoisotopic (exact) mass is 483 g/mol. The summed E-state index contributed by atoms with van der Waals surface area (Å²) in [5, 5.41) is 11.0. The largest absolute Gasteiger partial charge is 0.507 e. The first kappa shape index (κ1) is 20.9. The zero-order valence-corrected chi connectivity index (χ0v) is 17.9. The van der Waals surface area contributed by atoms with Crippen molar-refractivity contribution in [3.05, 3.63) is 105 Å². The number of carbonyl (C=O) groups excluding carboxylic acids is 2. The van der Waals surface area contributed by atoms with Crippen LogP contribution in [-0.2, 0) is 9.59 Å². The number of aliphatic hydroxyl groups excluding tert-OH is 1. The molecule has 1 saturated heterocycles. The van der Waals surface area contributed by atoms with Crippen molar-refractivity contribution in [2.45, 2.75) is 13.0 Å². The van der Waals surface area contributed by atoms with E-state index in [-0.39, 0.29) is 11.3 Å². The van der Waals surface area contributed by atoms with Crippen molar-refractivity contribution in [2.75, 3.05) is 4.90 Å². The molecular formula is C24H16BrF2NO3. The minimum atomic E-state index is -1.13. The predicted molar refractivity (Wildman–Crippen MR) is 116 cm³/mol. The van der Waals surface area contributed by atoms with E-state index in [9.17, 15) is 23.5 Å². The smallest absolute Gasteiger partial charge is 0.300 e. The first-order valence-corrected chi connectivity index (χ1v) is 10.2. The van der Waals surface area contributed by atoms with Crippen LogP contribution in [0.2, 0.25) is 0 Å². The van der Waals surface area contributed by atoms with Gasteiger partial charge in [0.2, 0.25) is 0 Å². The van der Waals surface area contributed by atoms with Gasteiger partial charge in [-0.3, -0.25) is 14.5 Å². The Morgan fingerprint density at radius 3 is 2.39 bits per heavy atom. The number of carbonyl (C=O) groups is 2. The molecule has 0 bridgehead atoms. The molecule has 0 spiro atoms. The molecule has 4 rings (SSSR count). The van der Waals surface area contributed by atoms with Gasteiger partial charge in [0.1, 0.15) is 17.4 Å². The lowest BCUT2D eigenvalue weighted by molar-refractivity contribution is -0.132. The van der Waals surface area contributed by atoms with E-state index < -0.39 is 35.1 Å². The number of halogens is 3. The summed E-state index contributed by atoms with van der Waals surface area (Å²) in [6, 6.07) is 15.1. The Morgan fingerprint density at radius 2 is 1.71 bits per heavy atom. The predicted octanol–water partition coefficient (Wildman–Crippen LogP) is 5.66. The molecule has 1 unspecified atom stereocenters. The number of rotatable bonds is 3. The molecule has 0 radical (unpaired) electrons. The van der Waals surface area contributed by atoms with Crippen molar-refractivity contribution >= 4 is 39.1 Å². The fourth-order valence-corrected chi connectivity index (χ4v) is 3.93. The maximum Gasteiger partial charge on any atom is 0.300 e. The van der Waals surface area contributed by atoms with Gasteiger partial charge >= 0.3 is 0 Å². The number of ketones is 1. The molecule has 3 aromatic carbocycles. The average Bonchev–Trinajstić information content (AvgIpc) is 3.00. The fraction of sp³-hybridized carbons (Fsp3) is 0.0833. The maximum absolute atomic E-state index is 14.6. The molecule has 4 nitrogen and oxygen atoms in total. The number of Topliss-reactive ketones (excluding diaryl/α,β-unsaturated/α-hetero) is 1. The molecule has 1 amide bonds. The van der Waals surface area contributed by atoms with Crippen LogP contribution in [0.15, 0.2) is 76.8 Å². The second kappa shape index (κ2) is 8.07. The van der Waals surface area contributed by atoms with Gasteiger partial charge in [-0.25, -0.2) is 8.78 Å². The number of amides is 1. The molecule has 1 aliphatic heterocycles. The Kier molecular flexibility index (Phi) is 5.45. The standard InChI is InChI=1S/C24H16BrF2NO3/c1-13-3-2-4-15(11-13)21-20(22(29)14-5-7-16(25)8-6-14)23(30)24(31)28(21)19-12-17(26)9-10-18(19)27/h2-12,21,29H,1H3/b22-20+. The lowest BCUT2D eigenvalue weighted by Gasteiger charge is -2.26. The highest BCUT2D eigenvalue weighted by molar-refractivity contribution is 9.10. The van der Waals surface area contributed by atoms with E-state index in [1.54, 1.807) is 42.5 Å². The van der Waals surface area contributed by atoms with Gasteiger partial charge in [-0.15, -0.1) is 0 Å². The summed E-state index contributed by atoms with van der Waals surface area (Å²) in [7, 11) is 0. The van der Waals surface area contributed by atoms with Crippen LogP contribution in [0.5, 0.6) is 0 Å². The van der Waals surface area contributed by atoms with Gasteiger partial charge in [-0.1, -0.05) is 57.9 Å². The third-order valence-electron chi connectivity index (χ3n) is 5.09. The normalized spacial score (nSPS) is 17.9. The number of aliphatic hydroxyl groups is 1. The van der Waals surface area contributed by atoms with Crippen molar-refractivity contribution in [2.24, 2.45) is 0 Å². The zero-order valence-electron chi connectivity index (χ0n) is 16.3. The van der Waals surface area contributed by atoms with E-state index in [0.29, 0.717) is 11.1 Å². The quantitative estimate of drug-likeness (QED) is 0.297. The number of benzene rings is 3. The van der Waals surface area contributed by atoms with Crippen LogP contribution in [0.1, 0.15) is 22.7 Å². The number of hydrogen-bond donors (Lipinski definition) is 1. The van der Waals surface area contributed by atoms with E-state index in [0.717, 1.165) is 33.1 Å². The Labute approximate surface area is 185 Å². The molecular weight excluding hydrogens is 468 g/mol. The Bertz CT molecular complexity index is 1240. The average molecular weight is 484 g/mol. The van der Waals surface area contributed by atoms with Gasteiger partial charge in [0.25, 0.3) is 11.7 Å². The summed E-state index contributed by atoms with van der Waals surface area (Å²) in [6.07, 6.45) is 0. The number of anilines is 1. The summed E-state index contributed by atoms with van der Waals surface area (Å²) in [5.41, 5.74) is 1.08. The lowest BCUT2D eigenvalue weighted by Crippen LogP contribution is -2.30. The molecule has 156 valence electrons. The molecule has 31 heavy (non-hydrogen) atoms. The summed E-state index contributed by atoms with van der Waals surface area (Å²) in [5.74, 6) is -4.03. The third kappa shape index (κ3) is 3.77. The topological polar surface area (TPSA) is 57.6 Å². The van der Waals surface area contributed by atoms with E-state index >= 15 is 0 Å². The second-order valence-corrected chi connectivity index (χ2v) is 8.10. The molecule has 0 aromatic heterocycles. The van der Waals surface area contributed by atoms with Crippen LogP contribution < -0.4 is 4.90 Å². The van der Waals surface area contributed by atoms with Crippen LogP contribution in [-0.4, -0.2) is 16.8 Å². The molecule has 0 saturated carbocycles. The Hall–Kier alpha value is -3.32. The Morgan fingerprint density at radius 1 is 1.00 bits per heavy atom. The first-order chi connectivity index (χ1) is 14.8. The lowest BCUT2D eigenvalue weighted by atomic mass is 9.94. The van der Waals surface area contributed by atoms with Crippen molar-refractivity contribution in [1.29, 1.82) is 0 Å². The van der Waals surface area contributed by atoms with E-state index in [2.05, 4.69) is 15.9 Å². The van der Waals surface area contributed by atoms with Gasteiger partial charge in [-0.2, -0.15) is 0 Å². The van der Waals surface area contributed by atoms with Crippen LogP contribution >= 0.6 is 15.9 Å². The number of hydrogen-bond acceptors (Lipinski definition) is 3. The highest BCUT2D eigenvalue weighted by Crippen LogP contribution is 2.43. The summed E-state index contributed by atoms with van der Waals surface area (Å²) in [6.45, 7) is 1.83. The molecule has 7 heteroatoms. The summed E-state index contributed by atoms with van der Waals surface area (Å²) < 4.78 is 29.3. The molecule has 1 N–H and O–H groups in total. The van der Waals surface area contributed by atoms with Crippen molar-refractivity contribution < 1.29 is 23.5 Å². The zero-order chi connectivity index (χ0) is 22.3. The van der Waals surface area contributed by atoms with E-state index in [4.69, 9.17) is 0 Å². The van der Waals surface area contributed by atoms with Crippen molar-refractivity contribution in [3.8, 4) is 0 Å². The van der Waals surface area contributed by atoms with Gasteiger partial charge < -0.3 is 5.11 Å². The second-order valence-electron chi connectivity index (χ2n) is 7.19. The minimum absolute atomic E-state index is 0.193. The van der Waals surface area contributed by atoms with E-state index in [1.807, 2.05) is 13.0 Å². The summed E-state index contributed by atoms with van der Waals surface area (Å²) in [4.78, 5) is 26.9. The highest BCUT2D eigenvalue weighted by Gasteiger charge is 2.47. The van der Waals surface area contributed by atoms with Crippen molar-refractivity contribution in [3.63, 3.8) is 0 Å². The van der Waals surface area contributed by atoms with Crippen molar-refractivity contribution in [1.82, 2.24) is 0 Å². The molecule has 1 atom stereocenters.